The van der Waals surface area contributed by atoms with Crippen molar-refractivity contribution in [1.29, 1.82) is 0 Å². The first-order chi connectivity index (χ1) is 26.4. The van der Waals surface area contributed by atoms with E-state index in [0.29, 0.717) is 0 Å². The Labute approximate surface area is 331 Å². The van der Waals surface area contributed by atoms with Crippen LogP contribution in [0.25, 0.3) is 0 Å². The van der Waals surface area contributed by atoms with E-state index >= 15 is 0 Å². The van der Waals surface area contributed by atoms with Crippen molar-refractivity contribution < 1.29 is 4.58 Å². The molecule has 0 aromatic heterocycles. The molecule has 0 bridgehead atoms. The summed E-state index contributed by atoms with van der Waals surface area (Å²) in [6.45, 7) is 24.8. The van der Waals surface area contributed by atoms with E-state index in [4.69, 9.17) is 0 Å². The number of hydrogen-bond acceptors (Lipinski definition) is 1. The second kappa shape index (κ2) is 15.9. The Morgan fingerprint density at radius 1 is 0.418 bits per heavy atom. The maximum Gasteiger partial charge on any atom is 0.244 e. The van der Waals surface area contributed by atoms with Gasteiger partial charge < -0.3 is 0 Å². The molecule has 280 valence electrons. The number of rotatable bonds is 10. The van der Waals surface area contributed by atoms with Gasteiger partial charge in [0.05, 0.1) is 0 Å². The van der Waals surface area contributed by atoms with Crippen LogP contribution in [0.3, 0.4) is 0 Å². The Bertz CT molecular complexity index is 2230. The quantitative estimate of drug-likeness (QED) is 0.128. The van der Waals surface area contributed by atoms with E-state index in [1.807, 2.05) is 0 Å². The molecule has 0 spiro atoms. The molecule has 1 aliphatic heterocycles. The third kappa shape index (κ3) is 7.97. The van der Waals surface area contributed by atoms with Crippen LogP contribution in [-0.4, -0.2) is 24.0 Å². The highest BCUT2D eigenvalue weighted by Gasteiger charge is 2.34. The molecule has 7 rings (SSSR count). The van der Waals surface area contributed by atoms with E-state index < -0.39 is 0 Å². The summed E-state index contributed by atoms with van der Waals surface area (Å²) in [5, 5.41) is 0. The molecule has 6 aromatic rings. The number of benzene rings is 6. The monoisotopic (exact) mass is 723 g/mol. The lowest BCUT2D eigenvalue weighted by atomic mass is 9.83. The van der Waals surface area contributed by atoms with E-state index in [1.54, 1.807) is 0 Å². The van der Waals surface area contributed by atoms with Crippen molar-refractivity contribution in [2.75, 3.05) is 18.0 Å². The van der Waals surface area contributed by atoms with Crippen LogP contribution in [0.2, 0.25) is 0 Å². The zero-order valence-corrected chi connectivity index (χ0v) is 34.7. The minimum Gasteiger partial charge on any atom is -0.229 e. The lowest BCUT2D eigenvalue weighted by molar-refractivity contribution is -0.425. The van der Waals surface area contributed by atoms with Gasteiger partial charge in [-0.1, -0.05) is 182 Å². The predicted octanol–water partition coefficient (Wildman–Crippen LogP) is 13.3. The maximum absolute atomic E-state index is 2.59. The molecule has 55 heavy (non-hydrogen) atoms. The minimum atomic E-state index is 0.230. The average molecular weight is 724 g/mol. The van der Waals surface area contributed by atoms with Gasteiger partial charge in [0.2, 0.25) is 6.34 Å². The first kappa shape index (κ1) is 38.1. The molecule has 2 nitrogen and oxygen atoms in total. The third-order valence-corrected chi connectivity index (χ3v) is 12.1. The molecule has 1 heterocycles. The van der Waals surface area contributed by atoms with Gasteiger partial charge in [-0.3, -0.25) is 0 Å². The highest BCUT2D eigenvalue weighted by atomic mass is 15.3. The van der Waals surface area contributed by atoms with Gasteiger partial charge in [0.1, 0.15) is 24.5 Å². The number of aryl methyl sites for hydroxylation is 6. The van der Waals surface area contributed by atoms with Crippen LogP contribution in [0.4, 0.5) is 11.4 Å². The Kier molecular flexibility index (Phi) is 11.0. The normalized spacial score (nSPS) is 15.1. The zero-order valence-electron chi connectivity index (χ0n) is 34.7. The van der Waals surface area contributed by atoms with Crippen molar-refractivity contribution in [3.63, 3.8) is 0 Å². The SMILES string of the molecule is Cc1cccc([C@@H](C)c2cc(C)cc([C@H](C)c3cccc(C)c3)c2N2C=[N+](c3c([C@@H](C)c4cccc(C)c4)cc(C)cc3[C@@H](C)c3cccc(C)c3)CC2)c1. The van der Waals surface area contributed by atoms with Gasteiger partial charge in [0.15, 0.2) is 0 Å². The topological polar surface area (TPSA) is 6.25 Å². The van der Waals surface area contributed by atoms with E-state index in [-0.39, 0.29) is 23.7 Å². The minimum absolute atomic E-state index is 0.230. The van der Waals surface area contributed by atoms with Crippen LogP contribution < -0.4 is 4.90 Å². The van der Waals surface area contributed by atoms with Gasteiger partial charge in [-0.2, -0.15) is 0 Å². The Balaban J connectivity index is 1.44. The van der Waals surface area contributed by atoms with E-state index in [1.165, 1.54) is 89.3 Å². The maximum atomic E-state index is 2.59. The summed E-state index contributed by atoms with van der Waals surface area (Å²) >= 11 is 0. The molecule has 0 saturated carbocycles. The third-order valence-electron chi connectivity index (χ3n) is 12.1. The largest absolute Gasteiger partial charge is 0.244 e. The van der Waals surface area contributed by atoms with Crippen molar-refractivity contribution in [3.8, 4) is 0 Å². The number of anilines is 1. The predicted molar refractivity (Wildman–Crippen MR) is 235 cm³/mol. The summed E-state index contributed by atoms with van der Waals surface area (Å²) in [6.07, 6.45) is 2.45. The fourth-order valence-corrected chi connectivity index (χ4v) is 8.97. The summed E-state index contributed by atoms with van der Waals surface area (Å²) in [5.74, 6) is 0.922. The fraction of sp³-hybridized carbons (Fsp3) is 0.302. The smallest absolute Gasteiger partial charge is 0.229 e. The second-order valence-electron chi connectivity index (χ2n) is 16.6. The molecule has 0 radical (unpaired) electrons. The van der Waals surface area contributed by atoms with Crippen LogP contribution in [0.15, 0.2) is 121 Å². The molecule has 6 aromatic carbocycles. The highest BCUT2D eigenvalue weighted by molar-refractivity contribution is 5.84. The summed E-state index contributed by atoms with van der Waals surface area (Å²) in [6, 6.07) is 46.1. The molecule has 0 aliphatic carbocycles. The van der Waals surface area contributed by atoms with Crippen molar-refractivity contribution in [1.82, 2.24) is 0 Å². The summed E-state index contributed by atoms with van der Waals surface area (Å²) in [7, 11) is 0. The molecular weight excluding hydrogens is 665 g/mol. The van der Waals surface area contributed by atoms with Gasteiger partial charge in [-0.15, -0.1) is 0 Å². The molecule has 1 aliphatic rings. The molecule has 0 amide bonds. The molecule has 0 saturated heterocycles. The van der Waals surface area contributed by atoms with Gasteiger partial charge in [-0.05, 0) is 63.8 Å². The van der Waals surface area contributed by atoms with Gasteiger partial charge in [0, 0.05) is 45.9 Å². The lowest BCUT2D eigenvalue weighted by Crippen LogP contribution is -2.23. The Morgan fingerprint density at radius 3 is 1.09 bits per heavy atom. The van der Waals surface area contributed by atoms with Crippen LogP contribution >= 0.6 is 0 Å². The Hall–Kier alpha value is -5.21. The highest BCUT2D eigenvalue weighted by Crippen LogP contribution is 2.44. The van der Waals surface area contributed by atoms with Crippen LogP contribution in [-0.2, 0) is 0 Å². The zero-order chi connectivity index (χ0) is 39.0. The first-order valence-corrected chi connectivity index (χ1v) is 20.3. The van der Waals surface area contributed by atoms with Gasteiger partial charge in [-0.25, -0.2) is 9.48 Å². The average Bonchev–Trinajstić information content (AvgIpc) is 3.65. The van der Waals surface area contributed by atoms with Crippen molar-refractivity contribution in [2.45, 2.75) is 92.9 Å². The molecular formula is C53H59N2+. The van der Waals surface area contributed by atoms with Crippen molar-refractivity contribution in [2.24, 2.45) is 0 Å². The van der Waals surface area contributed by atoms with Crippen molar-refractivity contribution in [3.05, 3.63) is 199 Å². The van der Waals surface area contributed by atoms with Gasteiger partial charge >= 0.3 is 0 Å². The summed E-state index contributed by atoms with van der Waals surface area (Å²) in [4.78, 5) is 2.59. The molecule has 0 unspecified atom stereocenters. The fourth-order valence-electron chi connectivity index (χ4n) is 8.97. The second-order valence-corrected chi connectivity index (χ2v) is 16.6. The van der Waals surface area contributed by atoms with Crippen LogP contribution in [0, 0.1) is 41.5 Å². The van der Waals surface area contributed by atoms with Crippen molar-refractivity contribution >= 4 is 17.7 Å². The standard InChI is InChI=1S/C53H59N2/c1-34-15-11-19-44(25-34)40(7)48-29-38(5)30-49(41(8)45-20-12-16-35(2)26-45)52(48)54-23-24-55(33-54)53-50(42(9)46-21-13-17-36(3)27-46)31-39(6)32-51(53)43(10)47-22-14-18-37(4)28-47/h11-22,25-33,40-43H,23-24H2,1-10H3/q+1/t40-,41-,42+,43+. The van der Waals surface area contributed by atoms with E-state index in [0.717, 1.165) is 13.1 Å². The molecule has 4 atom stereocenters. The first-order valence-electron chi connectivity index (χ1n) is 20.3. The number of hydrogen-bond donors (Lipinski definition) is 0. The summed E-state index contributed by atoms with van der Waals surface area (Å²) < 4.78 is 2.59. The Morgan fingerprint density at radius 2 is 0.745 bits per heavy atom. The summed E-state index contributed by atoms with van der Waals surface area (Å²) in [5.41, 5.74) is 21.5. The molecule has 0 fully saturated rings. The molecule has 2 heteroatoms. The number of nitrogens with zero attached hydrogens (tertiary/aromatic N) is 2. The lowest BCUT2D eigenvalue weighted by Gasteiger charge is -2.25. The van der Waals surface area contributed by atoms with Crippen LogP contribution in [0.1, 0.15) is 129 Å². The van der Waals surface area contributed by atoms with E-state index in [2.05, 4.69) is 206 Å². The van der Waals surface area contributed by atoms with Crippen LogP contribution in [0.5, 0.6) is 0 Å². The van der Waals surface area contributed by atoms with Gasteiger partial charge in [0.25, 0.3) is 0 Å². The van der Waals surface area contributed by atoms with E-state index in [9.17, 15) is 0 Å². The molecule has 0 N–H and O–H groups in total.